The molecule has 0 spiro atoms. The maximum absolute atomic E-state index is 11.7. The maximum Gasteiger partial charge on any atom is 0.242 e. The van der Waals surface area contributed by atoms with Gasteiger partial charge in [0.2, 0.25) is 10.0 Å². The van der Waals surface area contributed by atoms with Gasteiger partial charge in [0.05, 0.1) is 17.8 Å². The van der Waals surface area contributed by atoms with Crippen molar-refractivity contribution >= 4 is 21.4 Å². The quantitative estimate of drug-likeness (QED) is 0.590. The predicted molar refractivity (Wildman–Crippen MR) is 74.4 cm³/mol. The lowest BCUT2D eigenvalue weighted by atomic mass is 9.77. The Bertz CT molecular complexity index is 562. The SMILES string of the molecule is CNS(=O)(=O)c1ccc(NC2(CO)CCC2)cc1N. The topological polar surface area (TPSA) is 104 Å². The van der Waals surface area contributed by atoms with E-state index in [-0.39, 0.29) is 22.7 Å². The normalized spacial score (nSPS) is 17.8. The van der Waals surface area contributed by atoms with Crippen LogP contribution in [0.15, 0.2) is 23.1 Å². The third-order valence-corrected chi connectivity index (χ3v) is 5.08. The fourth-order valence-electron chi connectivity index (χ4n) is 2.21. The molecule has 0 bridgehead atoms. The maximum atomic E-state index is 11.7. The van der Waals surface area contributed by atoms with Crippen LogP contribution in [0.3, 0.4) is 0 Å². The van der Waals surface area contributed by atoms with E-state index in [0.29, 0.717) is 0 Å². The molecule has 5 N–H and O–H groups in total. The summed E-state index contributed by atoms with van der Waals surface area (Å²) in [7, 11) is -2.20. The van der Waals surface area contributed by atoms with Gasteiger partial charge in [-0.2, -0.15) is 0 Å². The second kappa shape index (κ2) is 4.99. The molecule has 1 saturated carbocycles. The summed E-state index contributed by atoms with van der Waals surface area (Å²) in [6.07, 6.45) is 2.88. The third-order valence-electron chi connectivity index (χ3n) is 3.59. The number of nitrogens with one attached hydrogen (secondary N) is 2. The zero-order chi connectivity index (χ0) is 14.1. The Morgan fingerprint density at radius 1 is 1.42 bits per heavy atom. The van der Waals surface area contributed by atoms with Crippen molar-refractivity contribution in [2.45, 2.75) is 29.7 Å². The van der Waals surface area contributed by atoms with Crippen LogP contribution in [0, 0.1) is 0 Å². The second-order valence-corrected chi connectivity index (χ2v) is 6.73. The first-order valence-corrected chi connectivity index (χ1v) is 7.63. The number of hydrogen-bond acceptors (Lipinski definition) is 5. The summed E-state index contributed by atoms with van der Waals surface area (Å²) in [6, 6.07) is 4.71. The minimum Gasteiger partial charge on any atom is -0.398 e. The molecule has 0 aromatic heterocycles. The van der Waals surface area contributed by atoms with Crippen LogP contribution in [0.5, 0.6) is 0 Å². The molecular weight excluding hydrogens is 266 g/mol. The van der Waals surface area contributed by atoms with Gasteiger partial charge in [-0.25, -0.2) is 13.1 Å². The molecule has 0 unspecified atom stereocenters. The smallest absolute Gasteiger partial charge is 0.242 e. The van der Waals surface area contributed by atoms with Crippen molar-refractivity contribution in [1.82, 2.24) is 4.72 Å². The van der Waals surface area contributed by atoms with Crippen LogP contribution in [0.25, 0.3) is 0 Å². The fourth-order valence-corrected chi connectivity index (χ4v) is 3.05. The number of hydrogen-bond donors (Lipinski definition) is 4. The van der Waals surface area contributed by atoms with E-state index in [2.05, 4.69) is 10.0 Å². The van der Waals surface area contributed by atoms with Gasteiger partial charge >= 0.3 is 0 Å². The first-order valence-electron chi connectivity index (χ1n) is 6.15. The number of nitrogens with two attached hydrogens (primary N) is 1. The largest absolute Gasteiger partial charge is 0.398 e. The Morgan fingerprint density at radius 2 is 2.11 bits per heavy atom. The molecule has 0 amide bonds. The Labute approximate surface area is 113 Å². The average Bonchev–Trinajstić information content (AvgIpc) is 2.33. The Kier molecular flexibility index (Phi) is 3.71. The van der Waals surface area contributed by atoms with Crippen molar-refractivity contribution < 1.29 is 13.5 Å². The average molecular weight is 285 g/mol. The van der Waals surface area contributed by atoms with E-state index in [1.165, 1.54) is 13.1 Å². The molecule has 0 saturated heterocycles. The lowest BCUT2D eigenvalue weighted by Gasteiger charge is -2.42. The number of sulfonamides is 1. The summed E-state index contributed by atoms with van der Waals surface area (Å²) in [5, 5.41) is 12.6. The van der Waals surface area contributed by atoms with Gasteiger partial charge in [0, 0.05) is 5.69 Å². The highest BCUT2D eigenvalue weighted by Crippen LogP contribution is 2.35. The lowest BCUT2D eigenvalue weighted by Crippen LogP contribution is -2.48. The Morgan fingerprint density at radius 3 is 2.53 bits per heavy atom. The molecule has 7 heteroatoms. The van der Waals surface area contributed by atoms with Gasteiger partial charge in [0.1, 0.15) is 4.90 Å². The summed E-state index contributed by atoms with van der Waals surface area (Å²) in [5.74, 6) is 0. The van der Waals surface area contributed by atoms with Crippen molar-refractivity contribution in [3.8, 4) is 0 Å². The molecule has 1 aromatic carbocycles. The molecule has 1 aliphatic rings. The van der Waals surface area contributed by atoms with Crippen LogP contribution < -0.4 is 15.8 Å². The molecule has 0 radical (unpaired) electrons. The summed E-state index contributed by atoms with van der Waals surface area (Å²) in [4.78, 5) is 0.0622. The van der Waals surface area contributed by atoms with Gasteiger partial charge < -0.3 is 16.2 Å². The molecule has 6 nitrogen and oxygen atoms in total. The van der Waals surface area contributed by atoms with Crippen molar-refractivity contribution in [2.75, 3.05) is 24.7 Å². The van der Waals surface area contributed by atoms with Crippen molar-refractivity contribution in [3.05, 3.63) is 18.2 Å². The highest BCUT2D eigenvalue weighted by molar-refractivity contribution is 7.89. The van der Waals surface area contributed by atoms with Crippen LogP contribution in [-0.2, 0) is 10.0 Å². The molecule has 19 heavy (non-hydrogen) atoms. The number of anilines is 2. The van der Waals surface area contributed by atoms with Crippen molar-refractivity contribution in [1.29, 1.82) is 0 Å². The van der Waals surface area contributed by atoms with E-state index in [1.54, 1.807) is 12.1 Å². The third kappa shape index (κ3) is 2.68. The fraction of sp³-hybridized carbons (Fsp3) is 0.500. The van der Waals surface area contributed by atoms with Crippen molar-refractivity contribution in [3.63, 3.8) is 0 Å². The Hall–Kier alpha value is -1.31. The molecular formula is C12H19N3O3S. The number of rotatable bonds is 5. The van der Waals surface area contributed by atoms with Gasteiger partial charge in [-0.3, -0.25) is 0 Å². The molecule has 2 rings (SSSR count). The van der Waals surface area contributed by atoms with E-state index in [0.717, 1.165) is 24.9 Å². The summed E-state index contributed by atoms with van der Waals surface area (Å²) >= 11 is 0. The molecule has 0 aliphatic heterocycles. The summed E-state index contributed by atoms with van der Waals surface area (Å²) in [5.41, 5.74) is 6.41. The molecule has 1 aromatic rings. The predicted octanol–water partition coefficient (Wildman–Crippen LogP) is 0.504. The van der Waals surface area contributed by atoms with E-state index < -0.39 is 10.0 Å². The van der Waals surface area contributed by atoms with Crippen LogP contribution in [0.1, 0.15) is 19.3 Å². The van der Waals surface area contributed by atoms with Crippen LogP contribution in [-0.4, -0.2) is 32.7 Å². The monoisotopic (exact) mass is 285 g/mol. The van der Waals surface area contributed by atoms with E-state index in [4.69, 9.17) is 5.73 Å². The number of aliphatic hydroxyl groups excluding tert-OH is 1. The van der Waals surface area contributed by atoms with Crippen LogP contribution in [0.2, 0.25) is 0 Å². The Balaban J connectivity index is 2.24. The van der Waals surface area contributed by atoms with Gasteiger partial charge in [-0.1, -0.05) is 0 Å². The molecule has 1 aliphatic carbocycles. The van der Waals surface area contributed by atoms with E-state index >= 15 is 0 Å². The van der Waals surface area contributed by atoms with Gasteiger partial charge in [-0.15, -0.1) is 0 Å². The zero-order valence-electron chi connectivity index (χ0n) is 10.8. The van der Waals surface area contributed by atoms with Crippen molar-refractivity contribution in [2.24, 2.45) is 0 Å². The van der Waals surface area contributed by atoms with Gasteiger partial charge in [0.15, 0.2) is 0 Å². The number of nitrogen functional groups attached to an aromatic ring is 1. The summed E-state index contributed by atoms with van der Waals surface area (Å²) < 4.78 is 25.6. The summed E-state index contributed by atoms with van der Waals surface area (Å²) in [6.45, 7) is 0.0590. The lowest BCUT2D eigenvalue weighted by molar-refractivity contribution is 0.144. The van der Waals surface area contributed by atoms with Gasteiger partial charge in [-0.05, 0) is 44.5 Å². The molecule has 0 heterocycles. The number of benzene rings is 1. The number of aliphatic hydroxyl groups is 1. The molecule has 106 valence electrons. The first kappa shape index (κ1) is 14.1. The van der Waals surface area contributed by atoms with E-state index in [1.807, 2.05) is 0 Å². The van der Waals surface area contributed by atoms with Crippen LogP contribution in [0.4, 0.5) is 11.4 Å². The molecule has 0 atom stereocenters. The minimum atomic E-state index is -3.54. The second-order valence-electron chi connectivity index (χ2n) is 4.88. The zero-order valence-corrected chi connectivity index (χ0v) is 11.6. The standard InChI is InChI=1S/C12H19N3O3S/c1-14-19(17,18)11-4-3-9(7-10(11)13)15-12(8-16)5-2-6-12/h3-4,7,14-16H,2,5-6,8,13H2,1H3. The van der Waals surface area contributed by atoms with E-state index in [9.17, 15) is 13.5 Å². The minimum absolute atomic E-state index is 0.0590. The highest BCUT2D eigenvalue weighted by atomic mass is 32.2. The van der Waals surface area contributed by atoms with Crippen LogP contribution >= 0.6 is 0 Å². The highest BCUT2D eigenvalue weighted by Gasteiger charge is 2.36. The molecule has 1 fully saturated rings. The van der Waals surface area contributed by atoms with Gasteiger partial charge in [0.25, 0.3) is 0 Å². The first-order chi connectivity index (χ1) is 8.92.